The summed E-state index contributed by atoms with van der Waals surface area (Å²) in [5, 5.41) is 12.2. The summed E-state index contributed by atoms with van der Waals surface area (Å²) in [6.07, 6.45) is 3.68. The molecule has 1 unspecified atom stereocenters. The molecule has 2 N–H and O–H groups in total. The van der Waals surface area contributed by atoms with Gasteiger partial charge in [-0.3, -0.25) is 0 Å². The van der Waals surface area contributed by atoms with Crippen molar-refractivity contribution in [3.05, 3.63) is 11.8 Å². The molecule has 0 fully saturated rings. The van der Waals surface area contributed by atoms with E-state index >= 15 is 0 Å². The molecule has 0 bridgehead atoms. The van der Waals surface area contributed by atoms with Crippen molar-refractivity contribution in [2.75, 3.05) is 13.7 Å². The predicted molar refractivity (Wildman–Crippen MR) is 59.3 cm³/mol. The molecule has 0 aromatic carbocycles. The third kappa shape index (κ3) is 3.91. The Kier molecular flexibility index (Phi) is 6.01. The average molecular weight is 215 g/mol. The molecule has 15 heavy (non-hydrogen) atoms. The number of hydrogen-bond donors (Lipinski definition) is 2. The van der Waals surface area contributed by atoms with Crippen LogP contribution in [0.25, 0.3) is 0 Å². The fourth-order valence-electron chi connectivity index (χ4n) is 1.26. The molecule has 0 saturated carbocycles. The maximum Gasteiger partial charge on any atom is 0.333 e. The van der Waals surface area contributed by atoms with Crippen molar-refractivity contribution in [1.82, 2.24) is 5.32 Å². The van der Waals surface area contributed by atoms with Gasteiger partial charge in [-0.25, -0.2) is 4.79 Å². The van der Waals surface area contributed by atoms with Gasteiger partial charge in [0.15, 0.2) is 5.54 Å². The van der Waals surface area contributed by atoms with E-state index in [0.29, 0.717) is 0 Å². The van der Waals surface area contributed by atoms with Gasteiger partial charge >= 0.3 is 5.97 Å². The van der Waals surface area contributed by atoms with Crippen molar-refractivity contribution in [3.8, 4) is 0 Å². The molecule has 0 aromatic rings. The number of esters is 1. The van der Waals surface area contributed by atoms with Gasteiger partial charge in [-0.1, -0.05) is 19.9 Å². The van der Waals surface area contributed by atoms with Gasteiger partial charge in [-0.15, -0.1) is 0 Å². The maximum atomic E-state index is 11.4. The second kappa shape index (κ2) is 6.45. The van der Waals surface area contributed by atoms with Crippen molar-refractivity contribution in [2.45, 2.75) is 39.2 Å². The maximum absolute atomic E-state index is 11.4. The molecular formula is C11H21NO3. The highest BCUT2D eigenvalue weighted by Gasteiger charge is 2.33. The predicted octanol–water partition coefficient (Wildman–Crippen LogP) is 1.20. The molecule has 4 nitrogen and oxygen atoms in total. The minimum Gasteiger partial charge on any atom is -0.467 e. The second-order valence-corrected chi connectivity index (χ2v) is 3.60. The van der Waals surface area contributed by atoms with Crippen LogP contribution in [0.4, 0.5) is 0 Å². The number of carbonyl (C=O) groups excluding carboxylic acids is 1. The highest BCUT2D eigenvalue weighted by atomic mass is 16.5. The Morgan fingerprint density at radius 1 is 1.53 bits per heavy atom. The van der Waals surface area contributed by atoms with Gasteiger partial charge in [-0.05, 0) is 19.8 Å². The molecule has 4 heteroatoms. The van der Waals surface area contributed by atoms with Crippen LogP contribution in [0, 0.1) is 0 Å². The smallest absolute Gasteiger partial charge is 0.333 e. The third-order valence-electron chi connectivity index (χ3n) is 2.22. The molecule has 0 amide bonds. The zero-order valence-electron chi connectivity index (χ0n) is 9.96. The monoisotopic (exact) mass is 215 g/mol. The number of methoxy groups -OCH3 is 1. The molecule has 88 valence electrons. The molecule has 0 rings (SSSR count). The Morgan fingerprint density at radius 2 is 2.13 bits per heavy atom. The topological polar surface area (TPSA) is 58.6 Å². The van der Waals surface area contributed by atoms with Crippen LogP contribution in [-0.2, 0) is 9.53 Å². The molecular weight excluding hydrogens is 194 g/mol. The Labute approximate surface area is 91.3 Å². The van der Waals surface area contributed by atoms with Gasteiger partial charge < -0.3 is 15.2 Å². The first-order valence-electron chi connectivity index (χ1n) is 5.20. The SMILES string of the molecule is CC/C=C(\CC)NC(C)(CO)C(=O)OC. The Balaban J connectivity index is 4.68. The summed E-state index contributed by atoms with van der Waals surface area (Å²) in [5.74, 6) is -0.458. The van der Waals surface area contributed by atoms with E-state index < -0.39 is 11.5 Å². The van der Waals surface area contributed by atoms with E-state index in [4.69, 9.17) is 0 Å². The van der Waals surface area contributed by atoms with Crippen molar-refractivity contribution in [3.63, 3.8) is 0 Å². The van der Waals surface area contributed by atoms with Gasteiger partial charge in [0, 0.05) is 5.70 Å². The average Bonchev–Trinajstić information content (AvgIpc) is 2.26. The number of allylic oxidation sites excluding steroid dienone is 2. The van der Waals surface area contributed by atoms with Crippen molar-refractivity contribution >= 4 is 5.97 Å². The van der Waals surface area contributed by atoms with E-state index in [1.54, 1.807) is 6.92 Å². The lowest BCUT2D eigenvalue weighted by molar-refractivity contribution is -0.149. The quantitative estimate of drug-likeness (QED) is 0.654. The summed E-state index contributed by atoms with van der Waals surface area (Å²) < 4.78 is 4.64. The molecule has 0 saturated heterocycles. The first-order valence-corrected chi connectivity index (χ1v) is 5.20. The van der Waals surface area contributed by atoms with Crippen LogP contribution in [0.15, 0.2) is 11.8 Å². The number of ether oxygens (including phenoxy) is 1. The van der Waals surface area contributed by atoms with Crippen LogP contribution in [0.2, 0.25) is 0 Å². The van der Waals surface area contributed by atoms with Gasteiger partial charge in [0.25, 0.3) is 0 Å². The van der Waals surface area contributed by atoms with E-state index in [1.165, 1.54) is 7.11 Å². The van der Waals surface area contributed by atoms with E-state index in [9.17, 15) is 9.90 Å². The first kappa shape index (κ1) is 14.0. The van der Waals surface area contributed by atoms with Crippen LogP contribution in [-0.4, -0.2) is 30.3 Å². The third-order valence-corrected chi connectivity index (χ3v) is 2.22. The number of aliphatic hydroxyl groups excluding tert-OH is 1. The molecule has 0 spiro atoms. The van der Waals surface area contributed by atoms with Gasteiger partial charge in [0.05, 0.1) is 13.7 Å². The lowest BCUT2D eigenvalue weighted by atomic mass is 10.0. The van der Waals surface area contributed by atoms with E-state index in [1.807, 2.05) is 19.9 Å². The first-order chi connectivity index (χ1) is 7.03. The summed E-state index contributed by atoms with van der Waals surface area (Å²) in [6, 6.07) is 0. The number of hydrogen-bond acceptors (Lipinski definition) is 4. The van der Waals surface area contributed by atoms with Gasteiger partial charge in [0.2, 0.25) is 0 Å². The molecule has 0 aliphatic rings. The zero-order valence-corrected chi connectivity index (χ0v) is 9.96. The summed E-state index contributed by atoms with van der Waals surface area (Å²) in [7, 11) is 1.31. The summed E-state index contributed by atoms with van der Waals surface area (Å²) >= 11 is 0. The van der Waals surface area contributed by atoms with Crippen LogP contribution in [0.5, 0.6) is 0 Å². The van der Waals surface area contributed by atoms with Crippen molar-refractivity contribution in [1.29, 1.82) is 0 Å². The Hall–Kier alpha value is -1.03. The lowest BCUT2D eigenvalue weighted by Gasteiger charge is -2.28. The van der Waals surface area contributed by atoms with Crippen LogP contribution in [0.3, 0.4) is 0 Å². The number of aliphatic hydroxyl groups is 1. The van der Waals surface area contributed by atoms with Crippen LogP contribution < -0.4 is 5.32 Å². The second-order valence-electron chi connectivity index (χ2n) is 3.60. The molecule has 1 atom stereocenters. The fourth-order valence-corrected chi connectivity index (χ4v) is 1.26. The summed E-state index contributed by atoms with van der Waals surface area (Å²) in [4.78, 5) is 11.4. The normalized spacial score (nSPS) is 15.7. The summed E-state index contributed by atoms with van der Waals surface area (Å²) in [6.45, 7) is 5.34. The number of nitrogens with one attached hydrogen (secondary N) is 1. The molecule has 0 radical (unpaired) electrons. The molecule has 0 heterocycles. The van der Waals surface area contributed by atoms with E-state index in [2.05, 4.69) is 10.1 Å². The highest BCUT2D eigenvalue weighted by molar-refractivity contribution is 5.80. The Morgan fingerprint density at radius 3 is 2.47 bits per heavy atom. The minimum absolute atomic E-state index is 0.291. The minimum atomic E-state index is -1.05. The van der Waals surface area contributed by atoms with Crippen LogP contribution >= 0.6 is 0 Å². The Bertz CT molecular complexity index is 238. The zero-order chi connectivity index (χ0) is 11.9. The molecule has 0 aromatic heterocycles. The van der Waals surface area contributed by atoms with E-state index in [0.717, 1.165) is 18.5 Å². The fraction of sp³-hybridized carbons (Fsp3) is 0.727. The van der Waals surface area contributed by atoms with Gasteiger partial charge in [-0.2, -0.15) is 0 Å². The number of carbonyl (C=O) groups is 1. The number of rotatable bonds is 6. The van der Waals surface area contributed by atoms with E-state index in [-0.39, 0.29) is 6.61 Å². The van der Waals surface area contributed by atoms with Crippen LogP contribution in [0.1, 0.15) is 33.6 Å². The van der Waals surface area contributed by atoms with Crippen molar-refractivity contribution in [2.24, 2.45) is 0 Å². The van der Waals surface area contributed by atoms with Gasteiger partial charge in [0.1, 0.15) is 0 Å². The summed E-state index contributed by atoms with van der Waals surface area (Å²) in [5.41, 5.74) is -0.106. The highest BCUT2D eigenvalue weighted by Crippen LogP contribution is 2.10. The standard InChI is InChI=1S/C11H21NO3/c1-5-7-9(6-2)12-11(3,8-13)10(14)15-4/h7,12-13H,5-6,8H2,1-4H3/b9-7+. The largest absolute Gasteiger partial charge is 0.467 e. The van der Waals surface area contributed by atoms with Crippen molar-refractivity contribution < 1.29 is 14.6 Å². The molecule has 0 aliphatic carbocycles. The molecule has 0 aliphatic heterocycles. The lowest BCUT2D eigenvalue weighted by Crippen LogP contribution is -2.52.